The first kappa shape index (κ1) is 21.0. The molecule has 3 rings (SSSR count). The molecule has 0 atom stereocenters. The van der Waals surface area contributed by atoms with Crippen LogP contribution in [0.25, 0.3) is 11.1 Å². The maximum atomic E-state index is 13.1. The van der Waals surface area contributed by atoms with Crippen LogP contribution < -0.4 is 5.32 Å². The first-order valence-electron chi connectivity index (χ1n) is 10.6. The van der Waals surface area contributed by atoms with Gasteiger partial charge in [0, 0.05) is 38.4 Å². The van der Waals surface area contributed by atoms with Gasteiger partial charge in [0.05, 0.1) is 5.41 Å². The molecule has 1 aromatic carbocycles. The minimum atomic E-state index is -0.484. The van der Waals surface area contributed by atoms with E-state index in [1.54, 1.807) is 12.4 Å². The van der Waals surface area contributed by atoms with Crippen molar-refractivity contribution >= 4 is 11.8 Å². The topological polar surface area (TPSA) is 62.3 Å². The molecule has 29 heavy (non-hydrogen) atoms. The average molecular weight is 394 g/mol. The van der Waals surface area contributed by atoms with Crippen LogP contribution in [0.4, 0.5) is 0 Å². The second kappa shape index (κ2) is 9.68. The van der Waals surface area contributed by atoms with Gasteiger partial charge in [-0.1, -0.05) is 31.2 Å². The minimum absolute atomic E-state index is 0.104. The van der Waals surface area contributed by atoms with E-state index < -0.39 is 5.41 Å². The molecule has 1 saturated heterocycles. The highest BCUT2D eigenvalue weighted by atomic mass is 16.2. The van der Waals surface area contributed by atoms with Crippen molar-refractivity contribution in [2.24, 2.45) is 5.41 Å². The summed E-state index contributed by atoms with van der Waals surface area (Å²) in [6.45, 7) is 5.89. The van der Waals surface area contributed by atoms with Crippen molar-refractivity contribution in [3.05, 3.63) is 54.4 Å². The number of carbonyl (C=O) groups excluding carboxylic acids is 2. The average Bonchev–Trinajstić information content (AvgIpc) is 2.75. The maximum absolute atomic E-state index is 13.1. The Labute approximate surface area is 173 Å². The zero-order valence-electron chi connectivity index (χ0n) is 17.5. The van der Waals surface area contributed by atoms with Gasteiger partial charge in [0.1, 0.15) is 0 Å². The van der Waals surface area contributed by atoms with Crippen molar-refractivity contribution in [3.63, 3.8) is 0 Å². The van der Waals surface area contributed by atoms with Crippen LogP contribution in [0.15, 0.2) is 48.8 Å². The molecule has 0 spiro atoms. The smallest absolute Gasteiger partial charge is 0.226 e. The molecular formula is C24H31N3O2. The number of carbonyl (C=O) groups is 2. The lowest BCUT2D eigenvalue weighted by atomic mass is 9.72. The van der Waals surface area contributed by atoms with Crippen molar-refractivity contribution in [1.82, 2.24) is 15.2 Å². The Kier molecular flexibility index (Phi) is 7.02. The number of pyridine rings is 1. The normalized spacial score (nSPS) is 15.7. The summed E-state index contributed by atoms with van der Waals surface area (Å²) in [5, 5.41) is 3.05. The molecule has 5 nitrogen and oxygen atoms in total. The Morgan fingerprint density at radius 2 is 1.76 bits per heavy atom. The standard InChI is InChI=1S/C24H31N3O2/c1-3-7-22(28)27-16-12-24(13-17-27,23(29)26-4-2)18-20-8-5-6-9-21(20)19-10-14-25-15-11-19/h5-6,8-11,14-15H,3-4,7,12-13,16-18H2,1-2H3,(H,26,29). The van der Waals surface area contributed by atoms with Gasteiger partial charge in [0.25, 0.3) is 0 Å². The number of rotatable bonds is 7. The van der Waals surface area contributed by atoms with Gasteiger partial charge in [-0.3, -0.25) is 14.6 Å². The lowest BCUT2D eigenvalue weighted by Gasteiger charge is -2.41. The van der Waals surface area contributed by atoms with E-state index in [4.69, 9.17) is 0 Å². The lowest BCUT2D eigenvalue weighted by molar-refractivity contribution is -0.140. The third kappa shape index (κ3) is 4.84. The van der Waals surface area contributed by atoms with Crippen LogP contribution in [0.2, 0.25) is 0 Å². The van der Waals surface area contributed by atoms with E-state index in [1.165, 1.54) is 5.56 Å². The first-order chi connectivity index (χ1) is 14.1. The zero-order chi connectivity index (χ0) is 20.7. The Morgan fingerprint density at radius 1 is 1.07 bits per heavy atom. The van der Waals surface area contributed by atoms with Crippen LogP contribution in [-0.2, 0) is 16.0 Å². The monoisotopic (exact) mass is 393 g/mol. The number of likely N-dealkylation sites (tertiary alicyclic amines) is 1. The summed E-state index contributed by atoms with van der Waals surface area (Å²) in [4.78, 5) is 31.5. The van der Waals surface area contributed by atoms with Crippen LogP contribution in [0.3, 0.4) is 0 Å². The summed E-state index contributed by atoms with van der Waals surface area (Å²) in [6.07, 6.45) is 7.09. The molecular weight excluding hydrogens is 362 g/mol. The van der Waals surface area contributed by atoms with E-state index in [9.17, 15) is 9.59 Å². The summed E-state index contributed by atoms with van der Waals surface area (Å²) < 4.78 is 0. The molecule has 0 bridgehead atoms. The highest BCUT2D eigenvalue weighted by Crippen LogP contribution is 2.38. The van der Waals surface area contributed by atoms with Gasteiger partial charge in [-0.25, -0.2) is 0 Å². The van der Waals surface area contributed by atoms with E-state index in [2.05, 4.69) is 22.4 Å². The van der Waals surface area contributed by atoms with E-state index in [-0.39, 0.29) is 11.8 Å². The number of hydrogen-bond acceptors (Lipinski definition) is 3. The molecule has 1 aliphatic heterocycles. The van der Waals surface area contributed by atoms with Gasteiger partial charge < -0.3 is 10.2 Å². The summed E-state index contributed by atoms with van der Waals surface area (Å²) in [5.74, 6) is 0.307. The second-order valence-electron chi connectivity index (χ2n) is 7.84. The van der Waals surface area contributed by atoms with Gasteiger partial charge in [0.2, 0.25) is 11.8 Å². The predicted octanol–water partition coefficient (Wildman–Crippen LogP) is 3.84. The van der Waals surface area contributed by atoms with Crippen molar-refractivity contribution in [2.75, 3.05) is 19.6 Å². The largest absolute Gasteiger partial charge is 0.356 e. The molecule has 0 aliphatic carbocycles. The molecule has 0 unspecified atom stereocenters. The molecule has 1 aromatic heterocycles. The van der Waals surface area contributed by atoms with E-state index in [0.29, 0.717) is 45.3 Å². The molecule has 1 fully saturated rings. The fraction of sp³-hybridized carbons (Fsp3) is 0.458. The molecule has 2 amide bonds. The quantitative estimate of drug-likeness (QED) is 0.777. The Morgan fingerprint density at radius 3 is 2.41 bits per heavy atom. The first-order valence-corrected chi connectivity index (χ1v) is 10.6. The fourth-order valence-electron chi connectivity index (χ4n) is 4.24. The van der Waals surface area contributed by atoms with Gasteiger partial charge >= 0.3 is 0 Å². The van der Waals surface area contributed by atoms with Crippen molar-refractivity contribution < 1.29 is 9.59 Å². The molecule has 0 radical (unpaired) electrons. The summed E-state index contributed by atoms with van der Waals surface area (Å²) in [5.41, 5.74) is 2.93. The number of amides is 2. The molecule has 2 aromatic rings. The van der Waals surface area contributed by atoms with Gasteiger partial charge in [0.15, 0.2) is 0 Å². The SMILES string of the molecule is CCCC(=O)N1CCC(Cc2ccccc2-c2ccncc2)(C(=O)NCC)CC1. The van der Waals surface area contributed by atoms with Crippen LogP contribution >= 0.6 is 0 Å². The van der Waals surface area contributed by atoms with Gasteiger partial charge in [-0.2, -0.15) is 0 Å². The van der Waals surface area contributed by atoms with Crippen molar-refractivity contribution in [1.29, 1.82) is 0 Å². The molecule has 154 valence electrons. The van der Waals surface area contributed by atoms with Crippen molar-refractivity contribution in [2.45, 2.75) is 46.0 Å². The Balaban J connectivity index is 1.87. The van der Waals surface area contributed by atoms with Gasteiger partial charge in [-0.05, 0) is 61.4 Å². The number of benzene rings is 1. The second-order valence-corrected chi connectivity index (χ2v) is 7.84. The number of hydrogen-bond donors (Lipinski definition) is 1. The molecule has 0 saturated carbocycles. The van der Waals surface area contributed by atoms with Crippen LogP contribution in [0, 0.1) is 5.41 Å². The van der Waals surface area contributed by atoms with E-state index in [0.717, 1.165) is 17.5 Å². The van der Waals surface area contributed by atoms with Crippen LogP contribution in [0.1, 0.15) is 45.1 Å². The maximum Gasteiger partial charge on any atom is 0.226 e. The summed E-state index contributed by atoms with van der Waals surface area (Å²) >= 11 is 0. The third-order valence-electron chi connectivity index (χ3n) is 5.89. The predicted molar refractivity (Wildman–Crippen MR) is 115 cm³/mol. The zero-order valence-corrected chi connectivity index (χ0v) is 17.5. The number of nitrogens with one attached hydrogen (secondary N) is 1. The number of aromatic nitrogens is 1. The highest BCUT2D eigenvalue weighted by Gasteiger charge is 2.42. The number of nitrogens with zero attached hydrogens (tertiary/aromatic N) is 2. The number of piperidine rings is 1. The van der Waals surface area contributed by atoms with E-state index >= 15 is 0 Å². The molecule has 1 aliphatic rings. The Hall–Kier alpha value is -2.69. The summed E-state index contributed by atoms with van der Waals surface area (Å²) in [6, 6.07) is 12.3. The van der Waals surface area contributed by atoms with Crippen LogP contribution in [-0.4, -0.2) is 41.3 Å². The molecule has 5 heteroatoms. The third-order valence-corrected chi connectivity index (χ3v) is 5.89. The highest BCUT2D eigenvalue weighted by molar-refractivity contribution is 5.84. The molecule has 1 N–H and O–H groups in total. The van der Waals surface area contributed by atoms with E-state index in [1.807, 2.05) is 43.0 Å². The minimum Gasteiger partial charge on any atom is -0.356 e. The fourth-order valence-corrected chi connectivity index (χ4v) is 4.24. The van der Waals surface area contributed by atoms with Gasteiger partial charge in [-0.15, -0.1) is 0 Å². The summed E-state index contributed by atoms with van der Waals surface area (Å²) in [7, 11) is 0. The van der Waals surface area contributed by atoms with Crippen LogP contribution in [0.5, 0.6) is 0 Å². The lowest BCUT2D eigenvalue weighted by Crippen LogP contribution is -2.51. The Bertz CT molecular complexity index is 827. The molecule has 2 heterocycles. The van der Waals surface area contributed by atoms with Crippen molar-refractivity contribution in [3.8, 4) is 11.1 Å².